The molecule has 86 valence electrons. The first kappa shape index (κ1) is 10.8. The molecule has 0 aliphatic carbocycles. The maximum Gasteiger partial charge on any atom is 0.231 e. The van der Waals surface area contributed by atoms with Gasteiger partial charge in [0, 0.05) is 12.5 Å². The maximum absolute atomic E-state index is 11.4. The van der Waals surface area contributed by atoms with E-state index in [0.29, 0.717) is 6.54 Å². The van der Waals surface area contributed by atoms with Gasteiger partial charge in [0.25, 0.3) is 0 Å². The van der Waals surface area contributed by atoms with Crippen LogP contribution in [0.25, 0.3) is 0 Å². The van der Waals surface area contributed by atoms with Crippen molar-refractivity contribution in [3.8, 4) is 11.5 Å². The van der Waals surface area contributed by atoms with Gasteiger partial charge >= 0.3 is 0 Å². The zero-order valence-electron chi connectivity index (χ0n) is 9.45. The van der Waals surface area contributed by atoms with E-state index in [9.17, 15) is 4.79 Å². The van der Waals surface area contributed by atoms with E-state index in [1.165, 1.54) is 0 Å². The van der Waals surface area contributed by atoms with E-state index in [1.54, 1.807) is 0 Å². The van der Waals surface area contributed by atoms with Gasteiger partial charge in [-0.25, -0.2) is 0 Å². The Hall–Kier alpha value is -1.71. The normalized spacial score (nSPS) is 12.9. The van der Waals surface area contributed by atoms with Crippen LogP contribution in [0.15, 0.2) is 18.2 Å². The highest BCUT2D eigenvalue weighted by Crippen LogP contribution is 2.32. The summed E-state index contributed by atoms with van der Waals surface area (Å²) in [7, 11) is 0. The molecule has 1 aromatic carbocycles. The van der Waals surface area contributed by atoms with Crippen LogP contribution in [0.1, 0.15) is 19.4 Å². The summed E-state index contributed by atoms with van der Waals surface area (Å²) in [6.07, 6.45) is 0. The van der Waals surface area contributed by atoms with E-state index in [2.05, 4.69) is 5.32 Å². The van der Waals surface area contributed by atoms with Crippen molar-refractivity contribution in [3.63, 3.8) is 0 Å². The van der Waals surface area contributed by atoms with Gasteiger partial charge < -0.3 is 14.8 Å². The minimum atomic E-state index is 0.00834. The fraction of sp³-hybridized carbons (Fsp3) is 0.417. The van der Waals surface area contributed by atoms with Gasteiger partial charge in [0.2, 0.25) is 12.7 Å². The standard InChI is InChI=1S/C12H15NO3/c1-8(2)12(14)13-6-9-3-4-10-11(5-9)16-7-15-10/h3-5,8H,6-7H2,1-2H3,(H,13,14). The van der Waals surface area contributed by atoms with Crippen LogP contribution in [-0.2, 0) is 11.3 Å². The number of carbonyl (C=O) groups excluding carboxylic acids is 1. The minimum Gasteiger partial charge on any atom is -0.454 e. The van der Waals surface area contributed by atoms with E-state index in [0.717, 1.165) is 17.1 Å². The third kappa shape index (κ3) is 2.27. The summed E-state index contributed by atoms with van der Waals surface area (Å²) in [5.41, 5.74) is 1.01. The van der Waals surface area contributed by atoms with Crippen molar-refractivity contribution in [2.24, 2.45) is 5.92 Å². The Balaban J connectivity index is 1.98. The summed E-state index contributed by atoms with van der Waals surface area (Å²) in [5.74, 6) is 1.57. The minimum absolute atomic E-state index is 0.00834. The maximum atomic E-state index is 11.4. The van der Waals surface area contributed by atoms with Crippen LogP contribution in [0.4, 0.5) is 0 Å². The molecule has 0 spiro atoms. The molecule has 0 bridgehead atoms. The van der Waals surface area contributed by atoms with Gasteiger partial charge in [-0.2, -0.15) is 0 Å². The van der Waals surface area contributed by atoms with E-state index in [1.807, 2.05) is 32.0 Å². The zero-order chi connectivity index (χ0) is 11.5. The third-order valence-corrected chi connectivity index (χ3v) is 2.43. The van der Waals surface area contributed by atoms with Gasteiger partial charge in [0.05, 0.1) is 0 Å². The molecule has 4 heteroatoms. The summed E-state index contributed by atoms with van der Waals surface area (Å²) in [5, 5.41) is 2.85. The van der Waals surface area contributed by atoms with Crippen LogP contribution in [0, 0.1) is 5.92 Å². The van der Waals surface area contributed by atoms with Crippen molar-refractivity contribution >= 4 is 5.91 Å². The number of hydrogen-bond acceptors (Lipinski definition) is 3. The number of nitrogens with one attached hydrogen (secondary N) is 1. The number of hydrogen-bond donors (Lipinski definition) is 1. The van der Waals surface area contributed by atoms with Gasteiger partial charge in [0.15, 0.2) is 11.5 Å². The van der Waals surface area contributed by atoms with Gasteiger partial charge in [-0.1, -0.05) is 19.9 Å². The number of carbonyl (C=O) groups is 1. The number of ether oxygens (including phenoxy) is 2. The summed E-state index contributed by atoms with van der Waals surface area (Å²) in [6, 6.07) is 5.68. The Morgan fingerprint density at radius 2 is 2.12 bits per heavy atom. The number of amides is 1. The first-order chi connectivity index (χ1) is 7.66. The number of benzene rings is 1. The molecule has 2 rings (SSSR count). The van der Waals surface area contributed by atoms with Gasteiger partial charge in [-0.3, -0.25) is 4.79 Å². The molecule has 0 aromatic heterocycles. The Kier molecular flexibility index (Phi) is 2.99. The molecule has 0 saturated heterocycles. The lowest BCUT2D eigenvalue weighted by Crippen LogP contribution is -2.27. The van der Waals surface area contributed by atoms with Crippen molar-refractivity contribution < 1.29 is 14.3 Å². The van der Waals surface area contributed by atoms with Crippen LogP contribution in [0.3, 0.4) is 0 Å². The third-order valence-electron chi connectivity index (χ3n) is 2.43. The summed E-state index contributed by atoms with van der Waals surface area (Å²) in [4.78, 5) is 11.4. The zero-order valence-corrected chi connectivity index (χ0v) is 9.45. The molecule has 0 fully saturated rings. The first-order valence-electron chi connectivity index (χ1n) is 5.33. The highest BCUT2D eigenvalue weighted by Gasteiger charge is 2.13. The predicted molar refractivity (Wildman–Crippen MR) is 59.2 cm³/mol. The Labute approximate surface area is 94.6 Å². The average molecular weight is 221 g/mol. The van der Waals surface area contributed by atoms with Crippen molar-refractivity contribution in [2.45, 2.75) is 20.4 Å². The highest BCUT2D eigenvalue weighted by atomic mass is 16.7. The van der Waals surface area contributed by atoms with Crippen LogP contribution in [0.2, 0.25) is 0 Å². The fourth-order valence-corrected chi connectivity index (χ4v) is 1.44. The summed E-state index contributed by atoms with van der Waals surface area (Å²) in [6.45, 7) is 4.54. The Morgan fingerprint density at radius 1 is 1.38 bits per heavy atom. The van der Waals surface area contributed by atoms with Crippen LogP contribution < -0.4 is 14.8 Å². The fourth-order valence-electron chi connectivity index (χ4n) is 1.44. The SMILES string of the molecule is CC(C)C(=O)NCc1ccc2c(c1)OCO2. The van der Waals surface area contributed by atoms with Crippen molar-refractivity contribution in [2.75, 3.05) is 6.79 Å². The van der Waals surface area contributed by atoms with Crippen LogP contribution >= 0.6 is 0 Å². The lowest BCUT2D eigenvalue weighted by molar-refractivity contribution is -0.124. The molecule has 1 aromatic rings. The summed E-state index contributed by atoms with van der Waals surface area (Å²) < 4.78 is 10.5. The first-order valence-corrected chi connectivity index (χ1v) is 5.33. The van der Waals surface area contributed by atoms with Crippen molar-refractivity contribution in [3.05, 3.63) is 23.8 Å². The van der Waals surface area contributed by atoms with E-state index < -0.39 is 0 Å². The monoisotopic (exact) mass is 221 g/mol. The molecule has 1 aliphatic rings. The van der Waals surface area contributed by atoms with Gasteiger partial charge in [0.1, 0.15) is 0 Å². The molecule has 1 N–H and O–H groups in total. The van der Waals surface area contributed by atoms with E-state index in [-0.39, 0.29) is 18.6 Å². The molecule has 0 radical (unpaired) electrons. The average Bonchev–Trinajstić information content (AvgIpc) is 2.72. The highest BCUT2D eigenvalue weighted by molar-refractivity contribution is 5.77. The molecule has 1 aliphatic heterocycles. The van der Waals surface area contributed by atoms with E-state index in [4.69, 9.17) is 9.47 Å². The molecule has 1 heterocycles. The molecule has 16 heavy (non-hydrogen) atoms. The second kappa shape index (κ2) is 4.43. The van der Waals surface area contributed by atoms with Crippen molar-refractivity contribution in [1.82, 2.24) is 5.32 Å². The second-order valence-electron chi connectivity index (χ2n) is 4.06. The molecule has 1 amide bonds. The smallest absolute Gasteiger partial charge is 0.231 e. The van der Waals surface area contributed by atoms with Gasteiger partial charge in [-0.15, -0.1) is 0 Å². The van der Waals surface area contributed by atoms with E-state index >= 15 is 0 Å². The molecule has 0 atom stereocenters. The summed E-state index contributed by atoms with van der Waals surface area (Å²) >= 11 is 0. The second-order valence-corrected chi connectivity index (χ2v) is 4.06. The topological polar surface area (TPSA) is 47.6 Å². The largest absolute Gasteiger partial charge is 0.454 e. The lowest BCUT2D eigenvalue weighted by Gasteiger charge is -2.08. The molecule has 0 saturated carbocycles. The lowest BCUT2D eigenvalue weighted by atomic mass is 10.1. The van der Waals surface area contributed by atoms with Crippen LogP contribution in [-0.4, -0.2) is 12.7 Å². The quantitative estimate of drug-likeness (QED) is 0.844. The van der Waals surface area contributed by atoms with Crippen molar-refractivity contribution in [1.29, 1.82) is 0 Å². The molecular weight excluding hydrogens is 206 g/mol. The molecular formula is C12H15NO3. The predicted octanol–water partition coefficient (Wildman–Crippen LogP) is 1.69. The van der Waals surface area contributed by atoms with Gasteiger partial charge in [-0.05, 0) is 17.7 Å². The molecule has 4 nitrogen and oxygen atoms in total. The Bertz CT molecular complexity index is 401. The van der Waals surface area contributed by atoms with Crippen LogP contribution in [0.5, 0.6) is 11.5 Å². The Morgan fingerprint density at radius 3 is 2.88 bits per heavy atom. The number of fused-ring (bicyclic) bond motifs is 1. The number of rotatable bonds is 3. The molecule has 0 unspecified atom stereocenters.